The zero-order chi connectivity index (χ0) is 26.3. The zero-order valence-corrected chi connectivity index (χ0v) is 18.8. The molecule has 0 unspecified atom stereocenters. The van der Waals surface area contributed by atoms with Gasteiger partial charge >= 0.3 is 12.4 Å². The molecule has 2 aromatic heterocycles. The summed E-state index contributed by atoms with van der Waals surface area (Å²) in [5.74, 6) is 0. The fourth-order valence-electron chi connectivity index (χ4n) is 3.43. The van der Waals surface area contributed by atoms with Gasteiger partial charge in [0, 0.05) is 23.5 Å². The first-order chi connectivity index (χ1) is 16.7. The Kier molecular flexibility index (Phi) is 6.35. The Hall–Kier alpha value is -3.77. The van der Waals surface area contributed by atoms with Crippen LogP contribution in [-0.4, -0.2) is 18.4 Å². The van der Waals surface area contributed by atoms with Gasteiger partial charge in [-0.3, -0.25) is 4.98 Å². The Bertz CT molecular complexity index is 1530. The van der Waals surface area contributed by atoms with Crippen molar-refractivity contribution < 1.29 is 34.8 Å². The second-order valence-corrected chi connectivity index (χ2v) is 9.30. The number of primary sulfonamides is 1. The summed E-state index contributed by atoms with van der Waals surface area (Å²) in [6.45, 7) is 0. The summed E-state index contributed by atoms with van der Waals surface area (Å²) in [5.41, 5.74) is -1.05. The van der Waals surface area contributed by atoms with Crippen molar-refractivity contribution in [2.75, 3.05) is 0 Å². The molecule has 0 radical (unpaired) electrons. The topological polar surface area (TPSA) is 85.9 Å². The maximum Gasteiger partial charge on any atom is 0.433 e. The van der Waals surface area contributed by atoms with E-state index >= 15 is 0 Å². The summed E-state index contributed by atoms with van der Waals surface area (Å²) in [4.78, 5) is 7.32. The third-order valence-electron chi connectivity index (χ3n) is 5.19. The van der Waals surface area contributed by atoms with E-state index in [9.17, 15) is 34.8 Å². The molecule has 0 aliphatic carbocycles. The molecule has 0 bridgehead atoms. The molecule has 0 amide bonds. The lowest BCUT2D eigenvalue weighted by molar-refractivity contribution is -0.141. The summed E-state index contributed by atoms with van der Waals surface area (Å²) >= 11 is 0. The van der Waals surface area contributed by atoms with Crippen molar-refractivity contribution in [1.29, 1.82) is 0 Å². The molecular formula is C24H15F6N3O2S. The summed E-state index contributed by atoms with van der Waals surface area (Å²) in [5, 5.41) is 5.14. The number of halogens is 6. The lowest BCUT2D eigenvalue weighted by Crippen LogP contribution is -2.12. The molecular weight excluding hydrogens is 508 g/mol. The molecule has 0 aliphatic heterocycles. The van der Waals surface area contributed by atoms with Crippen LogP contribution in [0.4, 0.5) is 26.3 Å². The molecule has 2 heterocycles. The third kappa shape index (κ3) is 5.55. The van der Waals surface area contributed by atoms with Gasteiger partial charge in [-0.05, 0) is 53.1 Å². The molecule has 0 saturated carbocycles. The van der Waals surface area contributed by atoms with Crippen LogP contribution in [-0.2, 0) is 22.4 Å². The van der Waals surface area contributed by atoms with Crippen molar-refractivity contribution in [3.63, 3.8) is 0 Å². The molecule has 2 aromatic carbocycles. The lowest BCUT2D eigenvalue weighted by Gasteiger charge is -2.13. The van der Waals surface area contributed by atoms with Gasteiger partial charge in [0.25, 0.3) is 0 Å². The maximum absolute atomic E-state index is 13.6. The Balaban J connectivity index is 1.82. The molecule has 4 aromatic rings. The van der Waals surface area contributed by atoms with Crippen molar-refractivity contribution in [1.82, 2.24) is 9.97 Å². The van der Waals surface area contributed by atoms with Crippen molar-refractivity contribution in [3.05, 3.63) is 90.4 Å². The molecule has 2 N–H and O–H groups in total. The predicted molar refractivity (Wildman–Crippen MR) is 120 cm³/mol. The normalized spacial score (nSPS) is 12.5. The Labute approximate surface area is 201 Å². The number of hydrogen-bond donors (Lipinski definition) is 1. The highest BCUT2D eigenvalue weighted by atomic mass is 32.2. The van der Waals surface area contributed by atoms with E-state index in [0.29, 0.717) is 11.1 Å². The summed E-state index contributed by atoms with van der Waals surface area (Å²) < 4.78 is 103. The van der Waals surface area contributed by atoms with Crippen LogP contribution < -0.4 is 5.14 Å². The van der Waals surface area contributed by atoms with Crippen LogP contribution in [0, 0.1) is 0 Å². The number of sulfonamides is 1. The van der Waals surface area contributed by atoms with Crippen molar-refractivity contribution in [2.45, 2.75) is 17.2 Å². The zero-order valence-electron chi connectivity index (χ0n) is 18.0. The van der Waals surface area contributed by atoms with E-state index in [1.54, 1.807) is 6.07 Å². The smallest absolute Gasteiger partial charge is 0.263 e. The molecule has 0 aliphatic rings. The van der Waals surface area contributed by atoms with E-state index in [0.717, 1.165) is 36.5 Å². The minimum absolute atomic E-state index is 0.0179. The molecule has 0 spiro atoms. The second-order valence-electron chi connectivity index (χ2n) is 7.73. The van der Waals surface area contributed by atoms with Gasteiger partial charge in [0.15, 0.2) is 0 Å². The highest BCUT2D eigenvalue weighted by Crippen LogP contribution is 2.36. The fraction of sp³-hybridized carbons (Fsp3) is 0.0833. The second kappa shape index (κ2) is 9.03. The summed E-state index contributed by atoms with van der Waals surface area (Å²) in [6.07, 6.45) is -6.98. The van der Waals surface area contributed by atoms with Gasteiger partial charge in [0.05, 0.1) is 11.3 Å². The molecule has 12 heteroatoms. The maximum atomic E-state index is 13.6. The molecule has 5 nitrogen and oxygen atoms in total. The van der Waals surface area contributed by atoms with E-state index < -0.39 is 33.6 Å². The number of hydrogen-bond acceptors (Lipinski definition) is 4. The number of nitrogens with two attached hydrogens (primary N) is 1. The number of alkyl halides is 6. The first kappa shape index (κ1) is 25.3. The third-order valence-corrected chi connectivity index (χ3v) is 6.08. The lowest BCUT2D eigenvalue weighted by atomic mass is 9.99. The summed E-state index contributed by atoms with van der Waals surface area (Å²) in [6, 6.07) is 13.2. The molecule has 0 atom stereocenters. The van der Waals surface area contributed by atoms with E-state index in [2.05, 4.69) is 9.97 Å². The minimum atomic E-state index is -4.82. The van der Waals surface area contributed by atoms with E-state index in [4.69, 9.17) is 5.14 Å². The number of benzene rings is 2. The average Bonchev–Trinajstić information content (AvgIpc) is 2.82. The highest BCUT2D eigenvalue weighted by Gasteiger charge is 2.34. The average molecular weight is 523 g/mol. The van der Waals surface area contributed by atoms with Crippen molar-refractivity contribution in [3.8, 4) is 33.5 Å². The van der Waals surface area contributed by atoms with E-state index in [1.807, 2.05) is 0 Å². The van der Waals surface area contributed by atoms with Crippen LogP contribution in [0.2, 0.25) is 0 Å². The Morgan fingerprint density at radius 1 is 0.667 bits per heavy atom. The number of aromatic nitrogens is 2. The van der Waals surface area contributed by atoms with Crippen molar-refractivity contribution >= 4 is 10.0 Å². The van der Waals surface area contributed by atoms with Gasteiger partial charge in [0.2, 0.25) is 10.0 Å². The SMILES string of the molecule is NS(=O)(=O)c1cncc(-c2cccc(-c3cc(-c4ccc(C(F)(F)F)cc4)cc(C(F)(F)F)n3)c2)c1. The van der Waals surface area contributed by atoms with Gasteiger partial charge in [0.1, 0.15) is 10.6 Å². The Morgan fingerprint density at radius 3 is 1.94 bits per heavy atom. The van der Waals surface area contributed by atoms with Gasteiger partial charge in [-0.1, -0.05) is 30.3 Å². The number of rotatable bonds is 4. The number of nitrogens with zero attached hydrogens (tertiary/aromatic N) is 2. The fourth-order valence-corrected chi connectivity index (χ4v) is 3.93. The minimum Gasteiger partial charge on any atom is -0.263 e. The van der Waals surface area contributed by atoms with Crippen LogP contribution in [0.25, 0.3) is 33.5 Å². The predicted octanol–water partition coefficient (Wildman–Crippen LogP) is 6.16. The van der Waals surface area contributed by atoms with Crippen molar-refractivity contribution in [2.24, 2.45) is 5.14 Å². The van der Waals surface area contributed by atoms with Crippen LogP contribution in [0.15, 0.2) is 84.0 Å². The highest BCUT2D eigenvalue weighted by molar-refractivity contribution is 7.89. The molecule has 4 rings (SSSR count). The molecule has 0 fully saturated rings. The Morgan fingerprint density at radius 2 is 1.33 bits per heavy atom. The van der Waals surface area contributed by atoms with Crippen LogP contribution in [0.1, 0.15) is 11.3 Å². The number of pyridine rings is 2. The molecule has 186 valence electrons. The summed E-state index contributed by atoms with van der Waals surface area (Å²) in [7, 11) is -4.04. The van der Waals surface area contributed by atoms with E-state index in [1.165, 1.54) is 36.5 Å². The monoisotopic (exact) mass is 523 g/mol. The van der Waals surface area contributed by atoms with Crippen LogP contribution in [0.3, 0.4) is 0 Å². The standard InChI is InChI=1S/C24H15F6N3O2S/c25-23(26,27)19-6-4-14(5-7-19)17-10-21(33-22(11-17)24(28,29)30)16-3-1-2-15(8-16)18-9-20(13-32-12-18)36(31,34)35/h1-13H,(H2,31,34,35). The first-order valence-corrected chi connectivity index (χ1v) is 11.6. The molecule has 0 saturated heterocycles. The quantitative estimate of drug-likeness (QED) is 0.325. The van der Waals surface area contributed by atoms with Crippen LogP contribution >= 0.6 is 0 Å². The molecule has 36 heavy (non-hydrogen) atoms. The van der Waals surface area contributed by atoms with E-state index in [-0.39, 0.29) is 27.3 Å². The van der Waals surface area contributed by atoms with Crippen LogP contribution in [0.5, 0.6) is 0 Å². The largest absolute Gasteiger partial charge is 0.433 e. The van der Waals surface area contributed by atoms with Gasteiger partial charge in [-0.2, -0.15) is 26.3 Å². The van der Waals surface area contributed by atoms with Gasteiger partial charge in [-0.15, -0.1) is 0 Å². The van der Waals surface area contributed by atoms with Gasteiger partial charge < -0.3 is 0 Å². The van der Waals surface area contributed by atoms with Gasteiger partial charge in [-0.25, -0.2) is 18.5 Å². The first-order valence-electron chi connectivity index (χ1n) is 10.1.